The van der Waals surface area contributed by atoms with E-state index in [0.29, 0.717) is 18.0 Å². The molecule has 0 aromatic heterocycles. The Kier molecular flexibility index (Phi) is 5.31. The second-order valence-electron chi connectivity index (χ2n) is 4.88. The van der Waals surface area contributed by atoms with Crippen LogP contribution in [0, 0.1) is 0 Å². The Balaban J connectivity index is 2.38. The Hall–Kier alpha value is -0.330. The van der Waals surface area contributed by atoms with Crippen molar-refractivity contribution in [3.63, 3.8) is 0 Å². The van der Waals surface area contributed by atoms with Crippen LogP contribution in [0.15, 0.2) is 23.1 Å². The first kappa shape index (κ1) is 16.0. The molecule has 1 atom stereocenters. The van der Waals surface area contributed by atoms with Gasteiger partial charge >= 0.3 is 0 Å². The van der Waals surface area contributed by atoms with E-state index < -0.39 is 10.0 Å². The molecule has 112 valence electrons. The fourth-order valence-corrected chi connectivity index (χ4v) is 4.50. The summed E-state index contributed by atoms with van der Waals surface area (Å²) < 4.78 is 26.8. The van der Waals surface area contributed by atoms with E-state index in [1.54, 1.807) is 0 Å². The van der Waals surface area contributed by atoms with E-state index in [1.807, 2.05) is 0 Å². The number of halogens is 2. The summed E-state index contributed by atoms with van der Waals surface area (Å²) >= 11 is 11.7. The third-order valence-corrected chi connectivity index (χ3v) is 6.22. The van der Waals surface area contributed by atoms with Crippen LogP contribution in [0.1, 0.15) is 25.7 Å². The van der Waals surface area contributed by atoms with Gasteiger partial charge < -0.3 is 5.11 Å². The number of hydrogen-bond donors (Lipinski definition) is 1. The molecular formula is C13H17Cl2NO3S. The number of nitrogens with zero attached hydrogens (tertiary/aromatic N) is 1. The Morgan fingerprint density at radius 3 is 2.60 bits per heavy atom. The molecule has 1 aromatic rings. The van der Waals surface area contributed by atoms with Crippen molar-refractivity contribution in [1.29, 1.82) is 0 Å². The summed E-state index contributed by atoms with van der Waals surface area (Å²) in [4.78, 5) is 0.118. The van der Waals surface area contributed by atoms with Crippen molar-refractivity contribution < 1.29 is 13.5 Å². The Morgan fingerprint density at radius 2 is 1.95 bits per heavy atom. The topological polar surface area (TPSA) is 57.6 Å². The van der Waals surface area contributed by atoms with E-state index in [1.165, 1.54) is 22.5 Å². The number of rotatable bonds is 3. The first-order valence-corrected chi connectivity index (χ1v) is 8.74. The minimum Gasteiger partial charge on any atom is -0.395 e. The van der Waals surface area contributed by atoms with Crippen LogP contribution in [0.4, 0.5) is 0 Å². The first-order valence-electron chi connectivity index (χ1n) is 6.54. The molecule has 1 heterocycles. The summed E-state index contributed by atoms with van der Waals surface area (Å²) in [5.41, 5.74) is 0. The summed E-state index contributed by atoms with van der Waals surface area (Å²) in [7, 11) is -3.66. The molecule has 4 nitrogen and oxygen atoms in total. The minimum absolute atomic E-state index is 0.118. The lowest BCUT2D eigenvalue weighted by Crippen LogP contribution is -2.42. The van der Waals surface area contributed by atoms with Gasteiger partial charge in [0, 0.05) is 12.6 Å². The molecule has 0 spiro atoms. The zero-order chi connectivity index (χ0) is 14.8. The van der Waals surface area contributed by atoms with Gasteiger partial charge in [0.25, 0.3) is 0 Å². The van der Waals surface area contributed by atoms with Gasteiger partial charge in [0.2, 0.25) is 10.0 Å². The summed E-state index contributed by atoms with van der Waals surface area (Å²) in [6, 6.07) is 3.92. The van der Waals surface area contributed by atoms with E-state index in [-0.39, 0.29) is 22.6 Å². The van der Waals surface area contributed by atoms with Crippen LogP contribution >= 0.6 is 23.2 Å². The fraction of sp³-hybridized carbons (Fsp3) is 0.538. The van der Waals surface area contributed by atoms with Crippen molar-refractivity contribution in [3.8, 4) is 0 Å². The molecule has 1 aromatic carbocycles. The minimum atomic E-state index is -3.66. The molecule has 0 aliphatic carbocycles. The third kappa shape index (κ3) is 3.28. The van der Waals surface area contributed by atoms with E-state index in [0.717, 1.165) is 19.3 Å². The Bertz CT molecular complexity index is 577. The van der Waals surface area contributed by atoms with Crippen LogP contribution in [-0.2, 0) is 10.0 Å². The lowest BCUT2D eigenvalue weighted by Gasteiger charge is -2.27. The molecule has 1 unspecified atom stereocenters. The van der Waals surface area contributed by atoms with E-state index in [4.69, 9.17) is 23.2 Å². The molecule has 20 heavy (non-hydrogen) atoms. The lowest BCUT2D eigenvalue weighted by molar-refractivity contribution is 0.186. The van der Waals surface area contributed by atoms with Gasteiger partial charge in [-0.1, -0.05) is 36.0 Å². The van der Waals surface area contributed by atoms with E-state index in [9.17, 15) is 13.5 Å². The molecule has 0 saturated carbocycles. The smallest absolute Gasteiger partial charge is 0.243 e. The third-order valence-electron chi connectivity index (χ3n) is 3.53. The maximum atomic E-state index is 12.7. The van der Waals surface area contributed by atoms with Crippen LogP contribution in [0.2, 0.25) is 10.0 Å². The maximum Gasteiger partial charge on any atom is 0.243 e. The number of aliphatic hydroxyl groups excluding tert-OH is 1. The first-order chi connectivity index (χ1) is 9.46. The Morgan fingerprint density at radius 1 is 1.20 bits per heavy atom. The zero-order valence-corrected chi connectivity index (χ0v) is 13.3. The quantitative estimate of drug-likeness (QED) is 0.922. The van der Waals surface area contributed by atoms with Gasteiger partial charge in [-0.25, -0.2) is 8.42 Å². The van der Waals surface area contributed by atoms with Crippen molar-refractivity contribution in [3.05, 3.63) is 28.2 Å². The molecular weight excluding hydrogens is 321 g/mol. The number of benzene rings is 1. The van der Waals surface area contributed by atoms with Gasteiger partial charge in [0.05, 0.1) is 21.5 Å². The van der Waals surface area contributed by atoms with Crippen molar-refractivity contribution >= 4 is 33.2 Å². The normalized spacial score (nSPS) is 21.6. The van der Waals surface area contributed by atoms with Crippen molar-refractivity contribution in [2.24, 2.45) is 0 Å². The predicted octanol–water partition coefficient (Wildman–Crippen LogP) is 2.92. The van der Waals surface area contributed by atoms with Crippen LogP contribution in [0.3, 0.4) is 0 Å². The summed E-state index contributed by atoms with van der Waals surface area (Å²) in [5, 5.41) is 9.97. The van der Waals surface area contributed by atoms with Gasteiger partial charge in [0.1, 0.15) is 0 Å². The lowest BCUT2D eigenvalue weighted by atomic mass is 10.1. The van der Waals surface area contributed by atoms with Gasteiger partial charge in [-0.05, 0) is 31.0 Å². The highest BCUT2D eigenvalue weighted by Crippen LogP contribution is 2.29. The number of aliphatic hydroxyl groups is 1. The number of sulfonamides is 1. The average Bonchev–Trinajstić information content (AvgIpc) is 2.67. The van der Waals surface area contributed by atoms with Crippen molar-refractivity contribution in [2.45, 2.75) is 36.6 Å². The highest BCUT2D eigenvalue weighted by Gasteiger charge is 2.32. The van der Waals surface area contributed by atoms with Crippen LogP contribution in [0.25, 0.3) is 0 Å². The molecule has 2 rings (SSSR count). The van der Waals surface area contributed by atoms with Crippen molar-refractivity contribution in [2.75, 3.05) is 13.2 Å². The number of hydrogen-bond acceptors (Lipinski definition) is 3. The largest absolute Gasteiger partial charge is 0.395 e. The second-order valence-corrected chi connectivity index (χ2v) is 7.58. The highest BCUT2D eigenvalue weighted by molar-refractivity contribution is 7.89. The average molecular weight is 338 g/mol. The molecule has 0 amide bonds. The van der Waals surface area contributed by atoms with Crippen molar-refractivity contribution in [1.82, 2.24) is 4.31 Å². The monoisotopic (exact) mass is 337 g/mol. The molecule has 1 aliphatic heterocycles. The summed E-state index contributed by atoms with van der Waals surface area (Å²) in [5.74, 6) is 0. The molecule has 0 bridgehead atoms. The van der Waals surface area contributed by atoms with Crippen LogP contribution < -0.4 is 0 Å². The standard InChI is InChI=1S/C13H17Cl2NO3S/c14-12-6-5-11(8-13(12)15)20(18,19)16-7-3-1-2-4-10(16)9-17/h5-6,8,10,17H,1-4,7,9H2. The highest BCUT2D eigenvalue weighted by atomic mass is 35.5. The zero-order valence-electron chi connectivity index (χ0n) is 10.9. The van der Waals surface area contributed by atoms with E-state index >= 15 is 0 Å². The van der Waals surface area contributed by atoms with Gasteiger partial charge in [0.15, 0.2) is 0 Å². The van der Waals surface area contributed by atoms with Gasteiger partial charge in [-0.15, -0.1) is 0 Å². The maximum absolute atomic E-state index is 12.7. The van der Waals surface area contributed by atoms with Crippen LogP contribution in [-0.4, -0.2) is 37.0 Å². The molecule has 0 radical (unpaired) electrons. The van der Waals surface area contributed by atoms with Gasteiger partial charge in [-0.2, -0.15) is 4.31 Å². The SMILES string of the molecule is O=S(=O)(c1ccc(Cl)c(Cl)c1)N1CCCCCC1CO. The molecule has 1 aliphatic rings. The van der Waals surface area contributed by atoms with E-state index in [2.05, 4.69) is 0 Å². The van der Waals surface area contributed by atoms with Gasteiger partial charge in [-0.3, -0.25) is 0 Å². The molecule has 1 fully saturated rings. The Labute approximate surface area is 129 Å². The molecule has 1 saturated heterocycles. The molecule has 1 N–H and O–H groups in total. The van der Waals surface area contributed by atoms with Crippen LogP contribution in [0.5, 0.6) is 0 Å². The second kappa shape index (κ2) is 6.62. The molecule has 7 heteroatoms. The summed E-state index contributed by atoms with van der Waals surface area (Å²) in [6.45, 7) is 0.258. The summed E-state index contributed by atoms with van der Waals surface area (Å²) in [6.07, 6.45) is 3.39. The fourth-order valence-electron chi connectivity index (χ4n) is 2.42. The predicted molar refractivity (Wildman–Crippen MR) is 79.7 cm³/mol.